The van der Waals surface area contributed by atoms with Gasteiger partial charge in [-0.25, -0.2) is 0 Å². The van der Waals surface area contributed by atoms with Gasteiger partial charge in [-0.2, -0.15) is 0 Å². The number of carboxylic acids is 1. The molecule has 2 fully saturated rings. The lowest BCUT2D eigenvalue weighted by Gasteiger charge is -2.40. The minimum Gasteiger partial charge on any atom is -0.480 e. The van der Waals surface area contributed by atoms with Gasteiger partial charge in [0.15, 0.2) is 5.79 Å². The summed E-state index contributed by atoms with van der Waals surface area (Å²) < 4.78 is 11.3. The second-order valence-electron chi connectivity index (χ2n) is 4.44. The number of hydrogen-bond acceptors (Lipinski definition) is 4. The van der Waals surface area contributed by atoms with Crippen LogP contribution < -0.4 is 0 Å². The van der Waals surface area contributed by atoms with Crippen LogP contribution in [0, 0.1) is 0 Å². The van der Waals surface area contributed by atoms with E-state index in [1.807, 2.05) is 11.8 Å². The van der Waals surface area contributed by atoms with Gasteiger partial charge in [0.1, 0.15) is 6.04 Å². The molecule has 1 spiro atoms. The topological polar surface area (TPSA) is 59.0 Å². The van der Waals surface area contributed by atoms with Crippen molar-refractivity contribution in [2.24, 2.45) is 0 Å². The maximum absolute atomic E-state index is 11.1. The number of likely N-dealkylation sites (tertiary alicyclic amines) is 1. The summed E-state index contributed by atoms with van der Waals surface area (Å²) in [4.78, 5) is 13.1. The van der Waals surface area contributed by atoms with E-state index in [2.05, 4.69) is 0 Å². The van der Waals surface area contributed by atoms with Crippen molar-refractivity contribution in [2.75, 3.05) is 26.3 Å². The molecule has 1 atom stereocenters. The van der Waals surface area contributed by atoms with E-state index in [0.717, 1.165) is 19.4 Å². The number of hydrogen-bond donors (Lipinski definition) is 1. The lowest BCUT2D eigenvalue weighted by molar-refractivity contribution is -0.196. The molecule has 0 aliphatic carbocycles. The highest BCUT2D eigenvalue weighted by Crippen LogP contribution is 2.31. The van der Waals surface area contributed by atoms with Crippen molar-refractivity contribution >= 4 is 5.97 Å². The van der Waals surface area contributed by atoms with E-state index < -0.39 is 17.8 Å². The van der Waals surface area contributed by atoms with Gasteiger partial charge in [0, 0.05) is 6.42 Å². The molecule has 2 heterocycles. The number of ether oxygens (including phenoxy) is 2. The smallest absolute Gasteiger partial charge is 0.320 e. The van der Waals surface area contributed by atoms with E-state index in [9.17, 15) is 4.79 Å². The summed E-state index contributed by atoms with van der Waals surface area (Å²) in [5.74, 6) is -1.28. The molecule has 2 aliphatic rings. The molecule has 0 aromatic heterocycles. The highest BCUT2D eigenvalue weighted by molar-refractivity contribution is 5.73. The van der Waals surface area contributed by atoms with E-state index >= 15 is 0 Å². The third-order valence-electron chi connectivity index (χ3n) is 3.37. The minimum atomic E-state index is -0.752. The fourth-order valence-corrected chi connectivity index (χ4v) is 2.61. The SMILES string of the molecule is CCC(C(=O)O)N1CCCC2(C1)OCCO2. The third-order valence-corrected chi connectivity index (χ3v) is 3.37. The maximum atomic E-state index is 11.1. The number of rotatable bonds is 3. The molecule has 1 unspecified atom stereocenters. The van der Waals surface area contributed by atoms with Crippen LogP contribution in [0.5, 0.6) is 0 Å². The van der Waals surface area contributed by atoms with Gasteiger partial charge in [0.2, 0.25) is 0 Å². The van der Waals surface area contributed by atoms with Gasteiger partial charge in [0.25, 0.3) is 0 Å². The highest BCUT2D eigenvalue weighted by atomic mass is 16.7. The van der Waals surface area contributed by atoms with Crippen molar-refractivity contribution in [3.8, 4) is 0 Å². The van der Waals surface area contributed by atoms with Crippen LogP contribution in [0.2, 0.25) is 0 Å². The Morgan fingerprint density at radius 2 is 2.19 bits per heavy atom. The molecule has 2 aliphatic heterocycles. The first-order valence-electron chi connectivity index (χ1n) is 5.92. The summed E-state index contributed by atoms with van der Waals surface area (Å²) >= 11 is 0. The molecule has 0 aromatic rings. The van der Waals surface area contributed by atoms with E-state index in [1.54, 1.807) is 0 Å². The van der Waals surface area contributed by atoms with Gasteiger partial charge in [-0.3, -0.25) is 9.69 Å². The molecule has 0 radical (unpaired) electrons. The predicted molar refractivity (Wildman–Crippen MR) is 57.2 cm³/mol. The highest BCUT2D eigenvalue weighted by Gasteiger charge is 2.43. The Labute approximate surface area is 95.3 Å². The van der Waals surface area contributed by atoms with E-state index in [4.69, 9.17) is 14.6 Å². The molecule has 5 nitrogen and oxygen atoms in total. The summed E-state index contributed by atoms with van der Waals surface area (Å²) in [5.41, 5.74) is 0. The monoisotopic (exact) mass is 229 g/mol. The maximum Gasteiger partial charge on any atom is 0.320 e. The van der Waals surface area contributed by atoms with Crippen molar-refractivity contribution in [1.29, 1.82) is 0 Å². The van der Waals surface area contributed by atoms with Crippen molar-refractivity contribution in [1.82, 2.24) is 4.90 Å². The summed E-state index contributed by atoms with van der Waals surface area (Å²) in [5, 5.41) is 9.13. The molecule has 92 valence electrons. The molecule has 0 amide bonds. The normalized spacial score (nSPS) is 27.1. The van der Waals surface area contributed by atoms with Gasteiger partial charge in [-0.05, 0) is 19.4 Å². The Bertz CT molecular complexity index is 263. The summed E-state index contributed by atoms with van der Waals surface area (Å²) in [6.07, 6.45) is 2.43. The molecule has 2 saturated heterocycles. The first-order chi connectivity index (χ1) is 7.67. The Hall–Kier alpha value is -0.650. The Balaban J connectivity index is 2.03. The van der Waals surface area contributed by atoms with E-state index in [1.165, 1.54) is 0 Å². The molecule has 5 heteroatoms. The van der Waals surface area contributed by atoms with Crippen LogP contribution in [0.1, 0.15) is 26.2 Å². The third kappa shape index (κ3) is 2.21. The average molecular weight is 229 g/mol. The number of aliphatic carboxylic acids is 1. The van der Waals surface area contributed by atoms with Gasteiger partial charge >= 0.3 is 5.97 Å². The van der Waals surface area contributed by atoms with Gasteiger partial charge < -0.3 is 14.6 Å². The van der Waals surface area contributed by atoms with Gasteiger partial charge in [-0.15, -0.1) is 0 Å². The molecule has 16 heavy (non-hydrogen) atoms. The van der Waals surface area contributed by atoms with Crippen molar-refractivity contribution in [3.05, 3.63) is 0 Å². The number of carbonyl (C=O) groups is 1. The van der Waals surface area contributed by atoms with Crippen LogP contribution >= 0.6 is 0 Å². The largest absolute Gasteiger partial charge is 0.480 e. The van der Waals surface area contributed by atoms with E-state index in [-0.39, 0.29) is 0 Å². The van der Waals surface area contributed by atoms with Gasteiger partial charge in [0.05, 0.1) is 19.8 Å². The number of piperidine rings is 1. The van der Waals surface area contributed by atoms with Crippen molar-refractivity contribution in [3.63, 3.8) is 0 Å². The predicted octanol–water partition coefficient (Wildman–Crippen LogP) is 0.688. The van der Waals surface area contributed by atoms with Crippen LogP contribution in [0.25, 0.3) is 0 Å². The van der Waals surface area contributed by atoms with E-state index in [0.29, 0.717) is 26.2 Å². The fourth-order valence-electron chi connectivity index (χ4n) is 2.61. The molecule has 0 aromatic carbocycles. The lowest BCUT2D eigenvalue weighted by atomic mass is 10.0. The van der Waals surface area contributed by atoms with Crippen LogP contribution in [0.4, 0.5) is 0 Å². The van der Waals surface area contributed by atoms with Crippen LogP contribution in [-0.4, -0.2) is 54.1 Å². The summed E-state index contributed by atoms with van der Waals surface area (Å²) in [6.45, 7) is 4.54. The molecular weight excluding hydrogens is 210 g/mol. The van der Waals surface area contributed by atoms with Crippen LogP contribution in [0.3, 0.4) is 0 Å². The Morgan fingerprint density at radius 1 is 1.50 bits per heavy atom. The Morgan fingerprint density at radius 3 is 2.75 bits per heavy atom. The van der Waals surface area contributed by atoms with Crippen LogP contribution in [-0.2, 0) is 14.3 Å². The zero-order valence-electron chi connectivity index (χ0n) is 9.65. The minimum absolute atomic E-state index is 0.412. The van der Waals surface area contributed by atoms with Crippen molar-refractivity contribution < 1.29 is 19.4 Å². The van der Waals surface area contributed by atoms with Crippen LogP contribution in [0.15, 0.2) is 0 Å². The fraction of sp³-hybridized carbons (Fsp3) is 0.909. The second-order valence-corrected chi connectivity index (χ2v) is 4.44. The number of carboxylic acid groups (broad SMARTS) is 1. The standard InChI is InChI=1S/C11H19NO4/c1-2-9(10(13)14)12-5-3-4-11(8-12)15-6-7-16-11/h9H,2-8H2,1H3,(H,13,14). The summed E-state index contributed by atoms with van der Waals surface area (Å²) in [7, 11) is 0. The second kappa shape index (κ2) is 4.69. The quantitative estimate of drug-likeness (QED) is 0.771. The molecule has 1 N–H and O–H groups in total. The molecule has 0 bridgehead atoms. The van der Waals surface area contributed by atoms with Gasteiger partial charge in [-0.1, -0.05) is 6.92 Å². The molecule has 0 saturated carbocycles. The average Bonchev–Trinajstić information content (AvgIpc) is 2.67. The lowest BCUT2D eigenvalue weighted by Crippen LogP contribution is -2.54. The van der Waals surface area contributed by atoms with Crippen molar-refractivity contribution in [2.45, 2.75) is 38.0 Å². The number of nitrogens with zero attached hydrogens (tertiary/aromatic N) is 1. The zero-order chi connectivity index (χ0) is 11.6. The first kappa shape index (κ1) is 11.8. The molecule has 2 rings (SSSR count). The molecular formula is C11H19NO4. The summed E-state index contributed by atoms with van der Waals surface area (Å²) in [6, 6.07) is -0.412. The first-order valence-corrected chi connectivity index (χ1v) is 5.92. The zero-order valence-corrected chi connectivity index (χ0v) is 9.65. The Kier molecular flexibility index (Phi) is 3.47.